The first-order chi connectivity index (χ1) is 9.28. The van der Waals surface area contributed by atoms with Crippen LogP contribution in [0.1, 0.15) is 23.4 Å². The minimum absolute atomic E-state index is 0.0608. The summed E-state index contributed by atoms with van der Waals surface area (Å²) in [6.45, 7) is 2.62. The summed E-state index contributed by atoms with van der Waals surface area (Å²) in [5, 5.41) is 1.96. The van der Waals surface area contributed by atoms with E-state index in [1.165, 1.54) is 0 Å². The van der Waals surface area contributed by atoms with E-state index in [4.69, 9.17) is 15.3 Å². The Bertz CT molecular complexity index is 528. The Balaban J connectivity index is 2.28. The highest BCUT2D eigenvalue weighted by molar-refractivity contribution is 7.10. The van der Waals surface area contributed by atoms with Crippen molar-refractivity contribution in [3.8, 4) is 11.5 Å². The molecule has 4 nitrogen and oxygen atoms in total. The summed E-state index contributed by atoms with van der Waals surface area (Å²) in [5.41, 5.74) is 3.91. The van der Waals surface area contributed by atoms with Gasteiger partial charge in [0.2, 0.25) is 0 Å². The van der Waals surface area contributed by atoms with E-state index in [1.54, 1.807) is 18.4 Å². The lowest BCUT2D eigenvalue weighted by Crippen LogP contribution is -2.28. The van der Waals surface area contributed by atoms with Crippen molar-refractivity contribution in [2.45, 2.75) is 13.0 Å². The maximum Gasteiger partial charge on any atom is 0.129 e. The standard InChI is InChI=1S/C14H18N2O2S/c1-3-18-11-6-4-5-10(7-11)14(16-15)13-8-12(17-2)9-19-13/h4-9,14,16H,3,15H2,1-2H3. The number of ether oxygens (including phenoxy) is 2. The second-order valence-electron chi connectivity index (χ2n) is 3.99. The molecule has 2 rings (SSSR count). The van der Waals surface area contributed by atoms with E-state index in [2.05, 4.69) is 5.43 Å². The van der Waals surface area contributed by atoms with E-state index in [9.17, 15) is 0 Å². The third-order valence-corrected chi connectivity index (χ3v) is 3.76. The summed E-state index contributed by atoms with van der Waals surface area (Å²) >= 11 is 1.61. The summed E-state index contributed by atoms with van der Waals surface area (Å²) in [6.07, 6.45) is 0. The van der Waals surface area contributed by atoms with E-state index in [0.29, 0.717) is 6.61 Å². The van der Waals surface area contributed by atoms with Crippen molar-refractivity contribution in [3.63, 3.8) is 0 Å². The van der Waals surface area contributed by atoms with Gasteiger partial charge in [0.1, 0.15) is 11.5 Å². The van der Waals surface area contributed by atoms with Crippen LogP contribution in [0.15, 0.2) is 35.7 Å². The van der Waals surface area contributed by atoms with Gasteiger partial charge in [-0.25, -0.2) is 5.43 Å². The number of nitrogens with one attached hydrogen (secondary N) is 1. The fourth-order valence-electron chi connectivity index (χ4n) is 1.89. The number of hydrogen-bond donors (Lipinski definition) is 2. The topological polar surface area (TPSA) is 56.5 Å². The van der Waals surface area contributed by atoms with Crippen molar-refractivity contribution < 1.29 is 9.47 Å². The molecule has 0 aliphatic heterocycles. The van der Waals surface area contributed by atoms with Crippen LogP contribution >= 0.6 is 11.3 Å². The van der Waals surface area contributed by atoms with Crippen LogP contribution in [0, 0.1) is 0 Å². The smallest absolute Gasteiger partial charge is 0.129 e. The zero-order valence-corrected chi connectivity index (χ0v) is 11.9. The predicted octanol–water partition coefficient (Wildman–Crippen LogP) is 2.71. The van der Waals surface area contributed by atoms with Crippen molar-refractivity contribution in [1.82, 2.24) is 5.43 Å². The Hall–Kier alpha value is -1.56. The van der Waals surface area contributed by atoms with Gasteiger partial charge < -0.3 is 9.47 Å². The molecule has 5 heteroatoms. The highest BCUT2D eigenvalue weighted by atomic mass is 32.1. The molecule has 0 saturated heterocycles. The van der Waals surface area contributed by atoms with Crippen LogP contribution in [0.4, 0.5) is 0 Å². The zero-order valence-electron chi connectivity index (χ0n) is 11.1. The van der Waals surface area contributed by atoms with Crippen LogP contribution < -0.4 is 20.7 Å². The Morgan fingerprint density at radius 2 is 2.16 bits per heavy atom. The molecule has 0 fully saturated rings. The zero-order chi connectivity index (χ0) is 13.7. The number of benzene rings is 1. The van der Waals surface area contributed by atoms with Gasteiger partial charge in [0, 0.05) is 10.3 Å². The number of hydrazine groups is 1. The molecular formula is C14H18N2O2S. The average Bonchev–Trinajstić information content (AvgIpc) is 2.89. The van der Waals surface area contributed by atoms with Crippen LogP contribution in [0.25, 0.3) is 0 Å². The molecule has 0 spiro atoms. The molecule has 0 saturated carbocycles. The molecule has 1 aromatic carbocycles. The van der Waals surface area contributed by atoms with Gasteiger partial charge in [-0.05, 0) is 30.7 Å². The van der Waals surface area contributed by atoms with Crippen LogP contribution in [0.5, 0.6) is 11.5 Å². The molecule has 0 aliphatic carbocycles. The molecule has 1 aromatic heterocycles. The van der Waals surface area contributed by atoms with Crippen LogP contribution in [-0.4, -0.2) is 13.7 Å². The Morgan fingerprint density at radius 3 is 2.79 bits per heavy atom. The number of rotatable bonds is 6. The molecule has 3 N–H and O–H groups in total. The van der Waals surface area contributed by atoms with Crippen molar-refractivity contribution in [1.29, 1.82) is 0 Å². The molecule has 19 heavy (non-hydrogen) atoms. The quantitative estimate of drug-likeness (QED) is 0.630. The first-order valence-electron chi connectivity index (χ1n) is 6.09. The molecule has 1 atom stereocenters. The highest BCUT2D eigenvalue weighted by Crippen LogP contribution is 2.31. The first-order valence-corrected chi connectivity index (χ1v) is 6.97. The van der Waals surface area contributed by atoms with Crippen molar-refractivity contribution >= 4 is 11.3 Å². The van der Waals surface area contributed by atoms with Crippen molar-refractivity contribution in [3.05, 3.63) is 46.2 Å². The molecule has 0 aliphatic rings. The minimum atomic E-state index is -0.0608. The van der Waals surface area contributed by atoms with Gasteiger partial charge in [0.15, 0.2) is 0 Å². The van der Waals surface area contributed by atoms with Gasteiger partial charge in [-0.1, -0.05) is 12.1 Å². The minimum Gasteiger partial charge on any atom is -0.496 e. The van der Waals surface area contributed by atoms with E-state index < -0.39 is 0 Å². The maximum absolute atomic E-state index is 5.69. The van der Waals surface area contributed by atoms with Gasteiger partial charge in [0.05, 0.1) is 19.8 Å². The van der Waals surface area contributed by atoms with Gasteiger partial charge in [-0.15, -0.1) is 11.3 Å². The predicted molar refractivity (Wildman–Crippen MR) is 77.6 cm³/mol. The third kappa shape index (κ3) is 3.26. The summed E-state index contributed by atoms with van der Waals surface area (Å²) in [6, 6.07) is 9.86. The summed E-state index contributed by atoms with van der Waals surface area (Å²) in [7, 11) is 1.66. The SMILES string of the molecule is CCOc1cccc(C(NN)c2cc(OC)cs2)c1. The average molecular weight is 278 g/mol. The van der Waals surface area contributed by atoms with Gasteiger partial charge >= 0.3 is 0 Å². The van der Waals surface area contributed by atoms with Gasteiger partial charge in [-0.2, -0.15) is 0 Å². The number of nitrogens with two attached hydrogens (primary N) is 1. The summed E-state index contributed by atoms with van der Waals surface area (Å²) in [4.78, 5) is 1.10. The summed E-state index contributed by atoms with van der Waals surface area (Å²) < 4.78 is 10.7. The third-order valence-electron chi connectivity index (χ3n) is 2.78. The molecular weight excluding hydrogens is 260 g/mol. The molecule has 102 valence electrons. The van der Waals surface area contributed by atoms with Crippen molar-refractivity contribution in [2.75, 3.05) is 13.7 Å². The van der Waals surface area contributed by atoms with Crippen LogP contribution in [0.2, 0.25) is 0 Å². The van der Waals surface area contributed by atoms with Crippen LogP contribution in [-0.2, 0) is 0 Å². The molecule has 0 bridgehead atoms. The lowest BCUT2D eigenvalue weighted by atomic mass is 10.1. The fourth-order valence-corrected chi connectivity index (χ4v) is 2.83. The Morgan fingerprint density at radius 1 is 1.32 bits per heavy atom. The number of methoxy groups -OCH3 is 1. The maximum atomic E-state index is 5.69. The van der Waals surface area contributed by atoms with E-state index in [-0.39, 0.29) is 6.04 Å². The summed E-state index contributed by atoms with van der Waals surface area (Å²) in [5.74, 6) is 7.39. The Kier molecular flexibility index (Phi) is 4.79. The molecule has 0 radical (unpaired) electrons. The van der Waals surface area contributed by atoms with Crippen LogP contribution in [0.3, 0.4) is 0 Å². The molecule has 1 unspecified atom stereocenters. The molecule has 1 heterocycles. The highest BCUT2D eigenvalue weighted by Gasteiger charge is 2.15. The largest absolute Gasteiger partial charge is 0.496 e. The van der Waals surface area contributed by atoms with Gasteiger partial charge in [0.25, 0.3) is 0 Å². The number of thiophene rings is 1. The lowest BCUT2D eigenvalue weighted by Gasteiger charge is -2.15. The number of hydrogen-bond acceptors (Lipinski definition) is 5. The van der Waals surface area contributed by atoms with Crippen molar-refractivity contribution in [2.24, 2.45) is 5.84 Å². The first kappa shape index (κ1) is 13.9. The fraction of sp³-hybridized carbons (Fsp3) is 0.286. The van der Waals surface area contributed by atoms with E-state index >= 15 is 0 Å². The van der Waals surface area contributed by atoms with Gasteiger partial charge in [-0.3, -0.25) is 5.84 Å². The monoisotopic (exact) mass is 278 g/mol. The van der Waals surface area contributed by atoms with E-state index in [1.807, 2.05) is 42.6 Å². The molecule has 2 aromatic rings. The Labute approximate surface area is 117 Å². The molecule has 0 amide bonds. The van der Waals surface area contributed by atoms with E-state index in [0.717, 1.165) is 21.9 Å². The second kappa shape index (κ2) is 6.56. The lowest BCUT2D eigenvalue weighted by molar-refractivity contribution is 0.339. The normalized spacial score (nSPS) is 12.2. The second-order valence-corrected chi connectivity index (χ2v) is 4.94.